The molecule has 0 radical (unpaired) electrons. The molecule has 6 aromatic carbocycles. The number of unbranched alkanes of at least 4 members (excludes halogenated alkanes) is 4. The van der Waals surface area contributed by atoms with E-state index in [-0.39, 0.29) is 0 Å². The Hall–Kier alpha value is -4.68. The number of aryl methyl sites for hydroxylation is 4. The molecular weight excluding hydrogens is 589 g/mol. The molecule has 6 aromatic rings. The van der Waals surface area contributed by atoms with Gasteiger partial charge in [-0.2, -0.15) is 0 Å². The normalized spacial score (nSPS) is 11.2. The van der Waals surface area contributed by atoms with Crippen molar-refractivity contribution >= 4 is 0 Å². The number of rotatable bonds is 12. The summed E-state index contributed by atoms with van der Waals surface area (Å²) >= 11 is 0. The van der Waals surface area contributed by atoms with E-state index in [1.807, 2.05) is 0 Å². The maximum atomic E-state index is 2.38. The Labute approximate surface area is 295 Å². The Kier molecular flexibility index (Phi) is 10.9. The van der Waals surface area contributed by atoms with Crippen molar-refractivity contribution in [3.8, 4) is 44.5 Å². The van der Waals surface area contributed by atoms with Crippen LogP contribution < -0.4 is 0 Å². The Balaban J connectivity index is 0.970. The van der Waals surface area contributed by atoms with Gasteiger partial charge in [-0.15, -0.1) is 0 Å². The molecule has 0 fully saturated rings. The number of hydrogen-bond donors (Lipinski definition) is 0. The molecule has 0 atom stereocenters. The molecular formula is C49H52. The largest absolute Gasteiger partial charge is 0.0620 e. The first kappa shape index (κ1) is 34.2. The second-order valence-electron chi connectivity index (χ2n) is 14.1. The second-order valence-corrected chi connectivity index (χ2v) is 14.1. The summed E-state index contributed by atoms with van der Waals surface area (Å²) in [5, 5.41) is 0. The number of benzene rings is 6. The Morgan fingerprint density at radius 3 is 0.980 bits per heavy atom. The lowest BCUT2D eigenvalue weighted by Gasteiger charge is -2.15. The van der Waals surface area contributed by atoms with Gasteiger partial charge >= 0.3 is 0 Å². The third-order valence-electron chi connectivity index (χ3n) is 11.0. The zero-order valence-electron chi connectivity index (χ0n) is 30.5. The highest BCUT2D eigenvalue weighted by atomic mass is 14.2. The molecule has 0 aliphatic carbocycles. The summed E-state index contributed by atoms with van der Waals surface area (Å²) in [4.78, 5) is 0. The van der Waals surface area contributed by atoms with Gasteiger partial charge in [0.25, 0.3) is 0 Å². The van der Waals surface area contributed by atoms with Crippen LogP contribution in [-0.4, -0.2) is 0 Å². The van der Waals surface area contributed by atoms with E-state index in [0.29, 0.717) is 0 Å². The molecule has 0 saturated carbocycles. The number of hydrogen-bond acceptors (Lipinski definition) is 0. The van der Waals surface area contributed by atoms with Crippen LogP contribution in [0.2, 0.25) is 0 Å². The van der Waals surface area contributed by atoms with Gasteiger partial charge in [0.2, 0.25) is 0 Å². The fourth-order valence-electron chi connectivity index (χ4n) is 7.53. The molecule has 0 unspecified atom stereocenters. The molecule has 0 heterocycles. The van der Waals surface area contributed by atoms with Crippen molar-refractivity contribution in [1.29, 1.82) is 0 Å². The van der Waals surface area contributed by atoms with Crippen molar-refractivity contribution in [3.05, 3.63) is 166 Å². The van der Waals surface area contributed by atoms with E-state index in [2.05, 4.69) is 163 Å². The van der Waals surface area contributed by atoms with Crippen molar-refractivity contribution in [1.82, 2.24) is 0 Å². The molecule has 0 saturated heterocycles. The van der Waals surface area contributed by atoms with Crippen LogP contribution in [0.3, 0.4) is 0 Å². The van der Waals surface area contributed by atoms with E-state index in [1.54, 1.807) is 0 Å². The third kappa shape index (κ3) is 7.81. The van der Waals surface area contributed by atoms with Crippen LogP contribution in [0.1, 0.15) is 76.6 Å². The van der Waals surface area contributed by atoms with Crippen molar-refractivity contribution in [3.63, 3.8) is 0 Å². The van der Waals surface area contributed by atoms with E-state index in [4.69, 9.17) is 0 Å². The van der Waals surface area contributed by atoms with Gasteiger partial charge in [0, 0.05) is 0 Å². The zero-order chi connectivity index (χ0) is 34.3. The highest BCUT2D eigenvalue weighted by Gasteiger charge is 2.11. The van der Waals surface area contributed by atoms with E-state index in [0.717, 1.165) is 0 Å². The van der Waals surface area contributed by atoms with Crippen LogP contribution >= 0.6 is 0 Å². The summed E-state index contributed by atoms with van der Waals surface area (Å²) in [5.74, 6) is 0. The zero-order valence-corrected chi connectivity index (χ0v) is 30.5. The molecule has 6 rings (SSSR count). The summed E-state index contributed by atoms with van der Waals surface area (Å²) in [6.07, 6.45) is 8.79. The maximum absolute atomic E-state index is 2.38. The Morgan fingerprint density at radius 2 is 0.612 bits per heavy atom. The summed E-state index contributed by atoms with van der Waals surface area (Å²) in [6.45, 7) is 13.6. The van der Waals surface area contributed by atoms with Crippen LogP contribution in [0.25, 0.3) is 44.5 Å². The van der Waals surface area contributed by atoms with E-state index in [1.165, 1.54) is 134 Å². The van der Waals surface area contributed by atoms with E-state index in [9.17, 15) is 0 Å². The molecule has 49 heavy (non-hydrogen) atoms. The fraction of sp³-hybridized carbons (Fsp3) is 0.265. The predicted molar refractivity (Wildman–Crippen MR) is 214 cm³/mol. The molecule has 0 nitrogen and oxygen atoms in total. The SMILES string of the molecule is Cc1ccccc1-c1ccc(-c2ccc(CCCCCCCc3ccc(-c4ccc(-c5ccccc5C)cc4)c(C)c3C)c(C)c2C)cc1. The first-order valence-corrected chi connectivity index (χ1v) is 18.3. The minimum absolute atomic E-state index is 1.17. The summed E-state index contributed by atoms with van der Waals surface area (Å²) in [7, 11) is 0. The van der Waals surface area contributed by atoms with E-state index < -0.39 is 0 Å². The van der Waals surface area contributed by atoms with Gasteiger partial charge in [0.15, 0.2) is 0 Å². The Morgan fingerprint density at radius 1 is 0.286 bits per heavy atom. The van der Waals surface area contributed by atoms with Crippen molar-refractivity contribution in [2.45, 2.75) is 86.5 Å². The quantitative estimate of drug-likeness (QED) is 0.117. The molecule has 0 amide bonds. The highest BCUT2D eigenvalue weighted by Crippen LogP contribution is 2.33. The average Bonchev–Trinajstić information content (AvgIpc) is 3.12. The van der Waals surface area contributed by atoms with Crippen molar-refractivity contribution in [2.24, 2.45) is 0 Å². The van der Waals surface area contributed by atoms with Gasteiger partial charge in [-0.1, -0.05) is 141 Å². The van der Waals surface area contributed by atoms with Gasteiger partial charge < -0.3 is 0 Å². The molecule has 0 aromatic heterocycles. The van der Waals surface area contributed by atoms with Gasteiger partial charge in [-0.05, 0) is 156 Å². The van der Waals surface area contributed by atoms with Gasteiger partial charge in [0.1, 0.15) is 0 Å². The maximum Gasteiger partial charge on any atom is -0.0152 e. The van der Waals surface area contributed by atoms with Crippen molar-refractivity contribution < 1.29 is 0 Å². The van der Waals surface area contributed by atoms with Crippen LogP contribution in [0.5, 0.6) is 0 Å². The summed E-state index contributed by atoms with van der Waals surface area (Å²) in [6, 6.07) is 44.9. The lowest BCUT2D eigenvalue weighted by atomic mass is 9.90. The molecule has 248 valence electrons. The predicted octanol–water partition coefficient (Wildman–Crippen LogP) is 13.9. The molecule has 0 aliphatic rings. The van der Waals surface area contributed by atoms with Crippen LogP contribution in [0.4, 0.5) is 0 Å². The van der Waals surface area contributed by atoms with Gasteiger partial charge in [-0.25, -0.2) is 0 Å². The fourth-order valence-corrected chi connectivity index (χ4v) is 7.53. The smallest absolute Gasteiger partial charge is 0.0152 e. The first-order valence-electron chi connectivity index (χ1n) is 18.3. The Bertz CT molecular complexity index is 1870. The summed E-state index contributed by atoms with van der Waals surface area (Å²) < 4.78 is 0. The van der Waals surface area contributed by atoms with Crippen LogP contribution in [-0.2, 0) is 12.8 Å². The standard InChI is InChI=1S/C49H52/c1-34-16-12-14-20-46(34)42-22-26-44(27-23-42)48-32-30-40(36(3)38(48)5)18-10-8-7-9-11-19-41-31-33-49(39(6)37(41)4)45-28-24-43(25-29-45)47-21-15-13-17-35(47)2/h12-17,20-33H,7-11,18-19H2,1-6H3. The van der Waals surface area contributed by atoms with Gasteiger partial charge in [-0.3, -0.25) is 0 Å². The lowest BCUT2D eigenvalue weighted by molar-refractivity contribution is 0.612. The third-order valence-corrected chi connectivity index (χ3v) is 11.0. The lowest BCUT2D eigenvalue weighted by Crippen LogP contribution is -1.97. The van der Waals surface area contributed by atoms with Crippen LogP contribution in [0, 0.1) is 41.5 Å². The average molecular weight is 641 g/mol. The monoisotopic (exact) mass is 640 g/mol. The van der Waals surface area contributed by atoms with Crippen LogP contribution in [0.15, 0.2) is 121 Å². The molecule has 0 spiro atoms. The first-order chi connectivity index (χ1) is 23.8. The summed E-state index contributed by atoms with van der Waals surface area (Å²) in [5.41, 5.74) is 21.9. The van der Waals surface area contributed by atoms with E-state index >= 15 is 0 Å². The second kappa shape index (κ2) is 15.7. The topological polar surface area (TPSA) is 0 Å². The van der Waals surface area contributed by atoms with Crippen molar-refractivity contribution in [2.75, 3.05) is 0 Å². The molecule has 0 N–H and O–H groups in total. The highest BCUT2D eigenvalue weighted by molar-refractivity contribution is 5.76. The minimum atomic E-state index is 1.17. The van der Waals surface area contributed by atoms with Gasteiger partial charge in [0.05, 0.1) is 0 Å². The molecule has 0 bridgehead atoms. The molecule has 0 aliphatic heterocycles. The minimum Gasteiger partial charge on any atom is -0.0620 e. The molecule has 0 heteroatoms.